The van der Waals surface area contributed by atoms with Gasteiger partial charge in [0.2, 0.25) is 0 Å². The molecule has 1 unspecified atom stereocenters. The third kappa shape index (κ3) is 2.93. The molecule has 0 fully saturated rings. The quantitative estimate of drug-likeness (QED) is 0.912. The highest BCUT2D eigenvalue weighted by Gasteiger charge is 2.23. The molecule has 2 aromatic rings. The Morgan fingerprint density at radius 1 is 1.00 bits per heavy atom. The number of hydrogen-bond acceptors (Lipinski definition) is 2. The second kappa shape index (κ2) is 5.41. The fourth-order valence-electron chi connectivity index (χ4n) is 2.03. The Balaban J connectivity index is 2.30. The van der Waals surface area contributed by atoms with Crippen molar-refractivity contribution in [1.29, 1.82) is 0 Å². The fourth-order valence-corrected chi connectivity index (χ4v) is 2.03. The van der Waals surface area contributed by atoms with Crippen molar-refractivity contribution in [3.8, 4) is 5.75 Å². The summed E-state index contributed by atoms with van der Waals surface area (Å²) in [7, 11) is 0. The number of halogens is 1. The Morgan fingerprint density at radius 2 is 1.47 bits per heavy atom. The molecule has 0 heterocycles. The Kier molecular flexibility index (Phi) is 3.86. The summed E-state index contributed by atoms with van der Waals surface area (Å²) < 4.78 is 18.4. The van der Waals surface area contributed by atoms with Gasteiger partial charge in [0, 0.05) is 0 Å². The van der Waals surface area contributed by atoms with Gasteiger partial charge in [0.25, 0.3) is 0 Å². The predicted molar refractivity (Wildman–Crippen MR) is 74.7 cm³/mol. The summed E-state index contributed by atoms with van der Waals surface area (Å²) in [5, 5.41) is 0. The second-order valence-corrected chi connectivity index (χ2v) is 4.67. The van der Waals surface area contributed by atoms with Crippen molar-refractivity contribution in [3.63, 3.8) is 0 Å². The van der Waals surface area contributed by atoms with Crippen LogP contribution in [0.1, 0.15) is 25.0 Å². The maximum atomic E-state index is 13.0. The average molecular weight is 259 g/mol. The number of benzene rings is 2. The molecular formula is C16H18FNO. The molecule has 2 aromatic carbocycles. The van der Waals surface area contributed by atoms with Crippen molar-refractivity contribution in [3.05, 3.63) is 65.5 Å². The largest absolute Gasteiger partial charge is 0.494 e. The molecule has 3 heteroatoms. The molecule has 0 amide bonds. The van der Waals surface area contributed by atoms with Gasteiger partial charge in [0.05, 0.1) is 12.1 Å². The van der Waals surface area contributed by atoms with Crippen molar-refractivity contribution >= 4 is 0 Å². The normalized spacial score (nSPS) is 13.9. The summed E-state index contributed by atoms with van der Waals surface area (Å²) in [6, 6.07) is 13.9. The van der Waals surface area contributed by atoms with E-state index in [0.29, 0.717) is 6.61 Å². The molecule has 2 nitrogen and oxygen atoms in total. The molecule has 1 atom stereocenters. The number of nitrogens with two attached hydrogens (primary N) is 1. The summed E-state index contributed by atoms with van der Waals surface area (Å²) in [5.41, 5.74) is 7.55. The Bertz CT molecular complexity index is 532. The lowest BCUT2D eigenvalue weighted by Crippen LogP contribution is -2.34. The molecule has 0 aromatic heterocycles. The van der Waals surface area contributed by atoms with Gasteiger partial charge in [-0.25, -0.2) is 4.39 Å². The SMILES string of the molecule is CCOc1ccc(C(C)(N)c2ccc(F)cc2)cc1. The predicted octanol–water partition coefficient (Wildman–Crippen LogP) is 3.45. The third-order valence-electron chi connectivity index (χ3n) is 3.21. The highest BCUT2D eigenvalue weighted by Crippen LogP contribution is 2.28. The topological polar surface area (TPSA) is 35.2 Å². The molecule has 100 valence electrons. The number of hydrogen-bond donors (Lipinski definition) is 1. The standard InChI is InChI=1S/C16H18FNO/c1-3-19-15-10-6-13(7-11-15)16(2,18)12-4-8-14(17)9-5-12/h4-11H,3,18H2,1-2H3. The van der Waals surface area contributed by atoms with Gasteiger partial charge >= 0.3 is 0 Å². The van der Waals surface area contributed by atoms with E-state index in [1.165, 1.54) is 12.1 Å². The lowest BCUT2D eigenvalue weighted by molar-refractivity contribution is 0.340. The van der Waals surface area contributed by atoms with E-state index >= 15 is 0 Å². The van der Waals surface area contributed by atoms with Crippen molar-refractivity contribution in [2.45, 2.75) is 19.4 Å². The molecule has 19 heavy (non-hydrogen) atoms. The van der Waals surface area contributed by atoms with Crippen LogP contribution in [-0.4, -0.2) is 6.61 Å². The number of ether oxygens (including phenoxy) is 1. The fraction of sp³-hybridized carbons (Fsp3) is 0.250. The van der Waals surface area contributed by atoms with E-state index in [1.54, 1.807) is 12.1 Å². The highest BCUT2D eigenvalue weighted by atomic mass is 19.1. The molecule has 0 aliphatic heterocycles. The van der Waals surface area contributed by atoms with E-state index < -0.39 is 5.54 Å². The third-order valence-corrected chi connectivity index (χ3v) is 3.21. The molecular weight excluding hydrogens is 241 g/mol. The zero-order valence-electron chi connectivity index (χ0n) is 11.2. The van der Waals surface area contributed by atoms with E-state index in [9.17, 15) is 4.39 Å². The minimum Gasteiger partial charge on any atom is -0.494 e. The van der Waals surface area contributed by atoms with Gasteiger partial charge in [-0.3, -0.25) is 0 Å². The van der Waals surface area contributed by atoms with Crippen LogP contribution in [0, 0.1) is 5.82 Å². The summed E-state index contributed by atoms with van der Waals surface area (Å²) in [6.45, 7) is 4.49. The van der Waals surface area contributed by atoms with Crippen LogP contribution in [0.2, 0.25) is 0 Å². The van der Waals surface area contributed by atoms with Gasteiger partial charge in [0.1, 0.15) is 11.6 Å². The Labute approximate surface area is 113 Å². The summed E-state index contributed by atoms with van der Waals surface area (Å²) in [4.78, 5) is 0. The molecule has 0 bridgehead atoms. The van der Waals surface area contributed by atoms with Gasteiger partial charge in [-0.1, -0.05) is 24.3 Å². The summed E-state index contributed by atoms with van der Waals surface area (Å²) >= 11 is 0. The summed E-state index contributed by atoms with van der Waals surface area (Å²) in [6.07, 6.45) is 0. The first-order valence-corrected chi connectivity index (χ1v) is 6.32. The van der Waals surface area contributed by atoms with Crippen LogP contribution in [0.3, 0.4) is 0 Å². The lowest BCUT2D eigenvalue weighted by atomic mass is 9.86. The van der Waals surface area contributed by atoms with E-state index in [2.05, 4.69) is 0 Å². The van der Waals surface area contributed by atoms with Gasteiger partial charge < -0.3 is 10.5 Å². The molecule has 0 saturated heterocycles. The molecule has 0 aliphatic rings. The van der Waals surface area contributed by atoms with Crippen molar-refractivity contribution in [2.24, 2.45) is 5.73 Å². The van der Waals surface area contributed by atoms with Crippen LogP contribution in [0.15, 0.2) is 48.5 Å². The van der Waals surface area contributed by atoms with Crippen LogP contribution < -0.4 is 10.5 Å². The van der Waals surface area contributed by atoms with E-state index in [1.807, 2.05) is 38.1 Å². The van der Waals surface area contributed by atoms with E-state index in [4.69, 9.17) is 10.5 Å². The van der Waals surface area contributed by atoms with Crippen molar-refractivity contribution in [1.82, 2.24) is 0 Å². The van der Waals surface area contributed by atoms with Crippen LogP contribution in [0.4, 0.5) is 4.39 Å². The maximum absolute atomic E-state index is 13.0. The van der Waals surface area contributed by atoms with Crippen molar-refractivity contribution in [2.75, 3.05) is 6.61 Å². The zero-order chi connectivity index (χ0) is 13.9. The number of rotatable bonds is 4. The smallest absolute Gasteiger partial charge is 0.123 e. The minimum absolute atomic E-state index is 0.258. The molecule has 0 aliphatic carbocycles. The van der Waals surface area contributed by atoms with Crippen LogP contribution in [0.5, 0.6) is 5.75 Å². The average Bonchev–Trinajstić information content (AvgIpc) is 2.40. The first-order valence-electron chi connectivity index (χ1n) is 6.32. The Hall–Kier alpha value is -1.87. The van der Waals surface area contributed by atoms with E-state index in [-0.39, 0.29) is 5.82 Å². The first kappa shape index (κ1) is 13.6. The minimum atomic E-state index is -0.654. The maximum Gasteiger partial charge on any atom is 0.123 e. The van der Waals surface area contributed by atoms with Crippen LogP contribution >= 0.6 is 0 Å². The monoisotopic (exact) mass is 259 g/mol. The molecule has 2 rings (SSSR count). The lowest BCUT2D eigenvalue weighted by Gasteiger charge is -2.26. The van der Waals surface area contributed by atoms with Gasteiger partial charge in [-0.2, -0.15) is 0 Å². The van der Waals surface area contributed by atoms with Crippen LogP contribution in [-0.2, 0) is 5.54 Å². The Morgan fingerprint density at radius 3 is 1.95 bits per heavy atom. The van der Waals surface area contributed by atoms with Crippen LogP contribution in [0.25, 0.3) is 0 Å². The zero-order valence-corrected chi connectivity index (χ0v) is 11.2. The molecule has 0 saturated carbocycles. The van der Waals surface area contributed by atoms with Gasteiger partial charge in [-0.05, 0) is 49.2 Å². The molecule has 2 N–H and O–H groups in total. The molecule has 0 spiro atoms. The van der Waals surface area contributed by atoms with Gasteiger partial charge in [-0.15, -0.1) is 0 Å². The van der Waals surface area contributed by atoms with Gasteiger partial charge in [0.15, 0.2) is 0 Å². The van der Waals surface area contributed by atoms with Crippen molar-refractivity contribution < 1.29 is 9.13 Å². The highest BCUT2D eigenvalue weighted by molar-refractivity contribution is 5.39. The summed E-state index contributed by atoms with van der Waals surface area (Å²) in [5.74, 6) is 0.562. The second-order valence-electron chi connectivity index (χ2n) is 4.67. The first-order chi connectivity index (χ1) is 9.04. The molecule has 0 radical (unpaired) electrons. The van der Waals surface area contributed by atoms with E-state index in [0.717, 1.165) is 16.9 Å².